The number of hydrogen-bond donors (Lipinski definition) is 1. The van der Waals surface area contributed by atoms with Gasteiger partial charge in [-0.3, -0.25) is 9.36 Å². The highest BCUT2D eigenvalue weighted by molar-refractivity contribution is 7.53. The molecule has 1 amide bonds. The third-order valence-electron chi connectivity index (χ3n) is 2.01. The summed E-state index contributed by atoms with van der Waals surface area (Å²) in [7, 11) is -3.19. The summed E-state index contributed by atoms with van der Waals surface area (Å²) in [5.41, 5.74) is 0. The van der Waals surface area contributed by atoms with Crippen molar-refractivity contribution in [3.05, 3.63) is 12.7 Å². The Labute approximate surface area is 121 Å². The lowest BCUT2D eigenvalue weighted by Crippen LogP contribution is -2.40. The maximum atomic E-state index is 12.0. The summed E-state index contributed by atoms with van der Waals surface area (Å²) in [6.45, 7) is 12.3. The quantitative estimate of drug-likeness (QED) is 0.495. The lowest BCUT2D eigenvalue weighted by atomic mass is 10.3. The predicted molar refractivity (Wildman–Crippen MR) is 78.9 cm³/mol. The molecule has 2 atom stereocenters. The molecule has 0 rings (SSSR count). The summed E-state index contributed by atoms with van der Waals surface area (Å²) < 4.78 is 27.9. The Kier molecular flexibility index (Phi) is 8.98. The van der Waals surface area contributed by atoms with Crippen LogP contribution in [0.3, 0.4) is 0 Å². The molecule has 6 nitrogen and oxygen atoms in total. The van der Waals surface area contributed by atoms with Gasteiger partial charge in [0.05, 0.1) is 18.8 Å². The fourth-order valence-corrected chi connectivity index (χ4v) is 2.64. The van der Waals surface area contributed by atoms with Crippen LogP contribution in [-0.4, -0.2) is 44.0 Å². The van der Waals surface area contributed by atoms with Crippen molar-refractivity contribution in [1.29, 1.82) is 0 Å². The Balaban J connectivity index is 4.53. The fraction of sp³-hybridized carbons (Fsp3) is 0.769. The maximum Gasteiger partial charge on any atom is 0.327 e. The van der Waals surface area contributed by atoms with Crippen LogP contribution in [0.25, 0.3) is 0 Å². The van der Waals surface area contributed by atoms with Gasteiger partial charge < -0.3 is 19.1 Å². The molecule has 0 spiro atoms. The van der Waals surface area contributed by atoms with Gasteiger partial charge in [0.2, 0.25) is 0 Å². The van der Waals surface area contributed by atoms with Crippen molar-refractivity contribution < 1.29 is 23.1 Å². The van der Waals surface area contributed by atoms with Gasteiger partial charge in [-0.05, 0) is 27.7 Å². The zero-order chi connectivity index (χ0) is 15.8. The molecule has 7 heteroatoms. The normalized spacial score (nSPS) is 15.9. The van der Waals surface area contributed by atoms with Gasteiger partial charge >= 0.3 is 7.60 Å². The van der Waals surface area contributed by atoms with E-state index in [1.54, 1.807) is 19.9 Å². The van der Waals surface area contributed by atoms with Crippen LogP contribution in [-0.2, 0) is 23.1 Å². The fourth-order valence-electron chi connectivity index (χ4n) is 1.41. The van der Waals surface area contributed by atoms with E-state index in [1.807, 2.05) is 13.8 Å². The second-order valence-corrected chi connectivity index (χ2v) is 6.94. The van der Waals surface area contributed by atoms with Crippen molar-refractivity contribution in [3.63, 3.8) is 0 Å². The van der Waals surface area contributed by atoms with Gasteiger partial charge in [-0.15, -0.1) is 6.58 Å². The summed E-state index contributed by atoms with van der Waals surface area (Å²) in [6.07, 6.45) is 0.363. The average molecular weight is 307 g/mol. The standard InChI is InChI=1S/C13H26NO5P/c1-7-8-14-13(15)12(18-10(2)3)9-17-20(6,16)19-11(4)5/h7,10-12H,1,8-9H2,2-6H3,(H,14,15)/t12-,20?/m1/s1. The molecule has 118 valence electrons. The predicted octanol–water partition coefficient (Wildman–Crippen LogP) is 2.35. The minimum Gasteiger partial charge on any atom is -0.363 e. The van der Waals surface area contributed by atoms with Crippen molar-refractivity contribution in [2.45, 2.75) is 46.0 Å². The van der Waals surface area contributed by atoms with Crippen LogP contribution in [0.1, 0.15) is 27.7 Å². The second kappa shape index (κ2) is 9.29. The van der Waals surface area contributed by atoms with Crippen molar-refractivity contribution in [1.82, 2.24) is 5.32 Å². The molecule has 0 fully saturated rings. The molecule has 0 aromatic heterocycles. The molecule has 0 aliphatic heterocycles. The molecule has 0 radical (unpaired) electrons. The van der Waals surface area contributed by atoms with Crippen LogP contribution >= 0.6 is 7.60 Å². The van der Waals surface area contributed by atoms with Gasteiger partial charge in [-0.2, -0.15) is 0 Å². The molecule has 0 saturated carbocycles. The number of carbonyl (C=O) groups excluding carboxylic acids is 1. The minimum atomic E-state index is -3.19. The van der Waals surface area contributed by atoms with Gasteiger partial charge in [0, 0.05) is 13.2 Å². The number of carbonyl (C=O) groups is 1. The van der Waals surface area contributed by atoms with E-state index in [4.69, 9.17) is 13.8 Å². The zero-order valence-corrected chi connectivity index (χ0v) is 13.8. The molecule has 0 heterocycles. The molecule has 0 aliphatic carbocycles. The van der Waals surface area contributed by atoms with Crippen LogP contribution in [0.15, 0.2) is 12.7 Å². The summed E-state index contributed by atoms with van der Waals surface area (Å²) >= 11 is 0. The smallest absolute Gasteiger partial charge is 0.327 e. The van der Waals surface area contributed by atoms with E-state index in [2.05, 4.69) is 11.9 Å². The van der Waals surface area contributed by atoms with E-state index < -0.39 is 13.7 Å². The molecule has 0 aromatic carbocycles. The lowest BCUT2D eigenvalue weighted by molar-refractivity contribution is -0.137. The monoisotopic (exact) mass is 307 g/mol. The molecule has 1 N–H and O–H groups in total. The summed E-state index contributed by atoms with van der Waals surface area (Å²) in [6, 6.07) is 0. The van der Waals surface area contributed by atoms with Crippen LogP contribution in [0.5, 0.6) is 0 Å². The van der Waals surface area contributed by atoms with E-state index in [0.29, 0.717) is 6.54 Å². The molecular weight excluding hydrogens is 281 g/mol. The largest absolute Gasteiger partial charge is 0.363 e. The first-order valence-corrected chi connectivity index (χ1v) is 8.61. The highest BCUT2D eigenvalue weighted by Crippen LogP contribution is 2.45. The van der Waals surface area contributed by atoms with Crippen LogP contribution in [0.4, 0.5) is 0 Å². The number of nitrogens with one attached hydrogen (secondary N) is 1. The Hall–Kier alpha value is -0.680. The first-order chi connectivity index (χ1) is 9.18. The Morgan fingerprint density at radius 2 is 1.90 bits per heavy atom. The number of hydrogen-bond acceptors (Lipinski definition) is 5. The molecule has 20 heavy (non-hydrogen) atoms. The number of rotatable bonds is 10. The van der Waals surface area contributed by atoms with Crippen LogP contribution in [0, 0.1) is 0 Å². The average Bonchev–Trinajstić information content (AvgIpc) is 2.29. The van der Waals surface area contributed by atoms with E-state index in [-0.39, 0.29) is 24.7 Å². The summed E-state index contributed by atoms with van der Waals surface area (Å²) in [5.74, 6) is -0.330. The van der Waals surface area contributed by atoms with Crippen LogP contribution < -0.4 is 5.32 Å². The molecule has 0 bridgehead atoms. The highest BCUT2D eigenvalue weighted by atomic mass is 31.2. The van der Waals surface area contributed by atoms with Gasteiger partial charge in [0.1, 0.15) is 0 Å². The number of amides is 1. The number of ether oxygens (including phenoxy) is 1. The van der Waals surface area contributed by atoms with Gasteiger partial charge in [0.25, 0.3) is 5.91 Å². The zero-order valence-electron chi connectivity index (χ0n) is 12.9. The first kappa shape index (κ1) is 19.3. The van der Waals surface area contributed by atoms with Gasteiger partial charge in [-0.1, -0.05) is 6.08 Å². The summed E-state index contributed by atoms with van der Waals surface area (Å²) in [5, 5.41) is 2.62. The second-order valence-electron chi connectivity index (χ2n) is 4.93. The molecule has 0 aromatic rings. The van der Waals surface area contributed by atoms with Crippen molar-refractivity contribution in [2.24, 2.45) is 0 Å². The topological polar surface area (TPSA) is 73.9 Å². The third kappa shape index (κ3) is 9.26. The van der Waals surface area contributed by atoms with Crippen molar-refractivity contribution in [2.75, 3.05) is 19.8 Å². The SMILES string of the molecule is C=CCNC(=O)[C@@H](COP(C)(=O)OC(C)C)OC(C)C. The van der Waals surface area contributed by atoms with Gasteiger partial charge in [0.15, 0.2) is 6.10 Å². The van der Waals surface area contributed by atoms with Gasteiger partial charge in [-0.25, -0.2) is 0 Å². The Morgan fingerprint density at radius 1 is 1.30 bits per heavy atom. The first-order valence-electron chi connectivity index (χ1n) is 6.62. The van der Waals surface area contributed by atoms with Crippen LogP contribution in [0.2, 0.25) is 0 Å². The Morgan fingerprint density at radius 3 is 2.35 bits per heavy atom. The molecule has 0 saturated heterocycles. The summed E-state index contributed by atoms with van der Waals surface area (Å²) in [4.78, 5) is 11.9. The minimum absolute atomic E-state index is 0.123. The third-order valence-corrected chi connectivity index (χ3v) is 3.43. The molecular formula is C13H26NO5P. The maximum absolute atomic E-state index is 12.0. The van der Waals surface area contributed by atoms with Crippen molar-refractivity contribution >= 4 is 13.5 Å². The Bertz CT molecular complexity index is 357. The highest BCUT2D eigenvalue weighted by Gasteiger charge is 2.26. The van der Waals surface area contributed by atoms with Crippen molar-refractivity contribution in [3.8, 4) is 0 Å². The van der Waals surface area contributed by atoms with E-state index >= 15 is 0 Å². The molecule has 0 aliphatic rings. The van der Waals surface area contributed by atoms with E-state index in [0.717, 1.165) is 0 Å². The lowest BCUT2D eigenvalue weighted by Gasteiger charge is -2.22. The van der Waals surface area contributed by atoms with E-state index in [9.17, 15) is 9.36 Å². The van der Waals surface area contributed by atoms with E-state index in [1.165, 1.54) is 6.66 Å². The molecule has 1 unspecified atom stereocenters.